The molecule has 1 aromatic carbocycles. The lowest BCUT2D eigenvalue weighted by Gasteiger charge is -2.05. The van der Waals surface area contributed by atoms with Gasteiger partial charge in [0, 0.05) is 5.56 Å². The molecule has 17 heavy (non-hydrogen) atoms. The van der Waals surface area contributed by atoms with Gasteiger partial charge in [0.05, 0.1) is 11.3 Å². The minimum Gasteiger partial charge on any atom is -0.478 e. The fourth-order valence-corrected chi connectivity index (χ4v) is 1.61. The molecule has 1 heterocycles. The van der Waals surface area contributed by atoms with Crippen LogP contribution in [0.15, 0.2) is 36.4 Å². The lowest BCUT2D eigenvalue weighted by molar-refractivity contribution is 0.0697. The number of rotatable bonds is 2. The molecule has 0 aliphatic heterocycles. The number of aromatic nitrogens is 1. The molecule has 0 atom stereocenters. The average molecular weight is 252 g/mol. The van der Waals surface area contributed by atoms with E-state index in [-0.39, 0.29) is 16.4 Å². The van der Waals surface area contributed by atoms with Crippen LogP contribution in [0.1, 0.15) is 10.4 Å². The smallest absolute Gasteiger partial charge is 0.337 e. The van der Waals surface area contributed by atoms with E-state index in [4.69, 9.17) is 16.7 Å². The van der Waals surface area contributed by atoms with Crippen LogP contribution in [0.4, 0.5) is 4.39 Å². The van der Waals surface area contributed by atoms with Gasteiger partial charge >= 0.3 is 5.97 Å². The van der Waals surface area contributed by atoms with Gasteiger partial charge in [0.25, 0.3) is 0 Å². The van der Waals surface area contributed by atoms with Gasteiger partial charge in [0.15, 0.2) is 0 Å². The third-order valence-corrected chi connectivity index (χ3v) is 2.40. The summed E-state index contributed by atoms with van der Waals surface area (Å²) in [5, 5.41) is 9.17. The van der Waals surface area contributed by atoms with Crippen LogP contribution >= 0.6 is 11.6 Å². The number of pyridine rings is 1. The quantitative estimate of drug-likeness (QED) is 0.834. The molecule has 0 fully saturated rings. The summed E-state index contributed by atoms with van der Waals surface area (Å²) < 4.78 is 13.1. The number of aromatic carboxylic acids is 1. The highest BCUT2D eigenvalue weighted by molar-refractivity contribution is 6.29. The molecule has 3 nitrogen and oxygen atoms in total. The largest absolute Gasteiger partial charge is 0.478 e. The predicted molar refractivity (Wildman–Crippen MR) is 61.6 cm³/mol. The SMILES string of the molecule is O=C(O)c1ccc(Cl)nc1-c1cccc(F)c1. The maximum absolute atomic E-state index is 13.1. The van der Waals surface area contributed by atoms with E-state index in [2.05, 4.69) is 4.98 Å². The van der Waals surface area contributed by atoms with Crippen LogP contribution in [0.5, 0.6) is 0 Å². The van der Waals surface area contributed by atoms with E-state index >= 15 is 0 Å². The molecule has 0 unspecified atom stereocenters. The van der Waals surface area contributed by atoms with Crippen molar-refractivity contribution in [2.45, 2.75) is 0 Å². The Balaban J connectivity index is 2.65. The minimum absolute atomic E-state index is 0.0139. The minimum atomic E-state index is -1.13. The zero-order chi connectivity index (χ0) is 12.4. The van der Waals surface area contributed by atoms with Gasteiger partial charge in [-0.15, -0.1) is 0 Å². The standard InChI is InChI=1S/C12H7ClFNO2/c13-10-5-4-9(12(16)17)11(15-10)7-2-1-3-8(14)6-7/h1-6H,(H,16,17). The highest BCUT2D eigenvalue weighted by Gasteiger charge is 2.14. The van der Waals surface area contributed by atoms with Crippen LogP contribution in [0, 0.1) is 5.82 Å². The van der Waals surface area contributed by atoms with Gasteiger partial charge in [0.2, 0.25) is 0 Å². The van der Waals surface area contributed by atoms with Crippen LogP contribution in [-0.2, 0) is 0 Å². The summed E-state index contributed by atoms with van der Waals surface area (Å²) >= 11 is 5.71. The second kappa shape index (κ2) is 4.51. The van der Waals surface area contributed by atoms with Gasteiger partial charge in [-0.25, -0.2) is 14.2 Å². The van der Waals surface area contributed by atoms with E-state index in [1.165, 1.54) is 30.3 Å². The zero-order valence-corrected chi connectivity index (χ0v) is 9.28. The first-order valence-electron chi connectivity index (χ1n) is 4.73. The Morgan fingerprint density at radius 1 is 1.29 bits per heavy atom. The molecule has 0 saturated carbocycles. The van der Waals surface area contributed by atoms with Crippen molar-refractivity contribution in [3.63, 3.8) is 0 Å². The number of hydrogen-bond donors (Lipinski definition) is 1. The van der Waals surface area contributed by atoms with Crippen LogP contribution in [0.25, 0.3) is 11.3 Å². The Morgan fingerprint density at radius 2 is 2.06 bits per heavy atom. The van der Waals surface area contributed by atoms with E-state index < -0.39 is 11.8 Å². The average Bonchev–Trinajstić information content (AvgIpc) is 2.28. The van der Waals surface area contributed by atoms with Crippen molar-refractivity contribution in [2.75, 3.05) is 0 Å². The maximum atomic E-state index is 13.1. The Labute approximate surface area is 101 Å². The van der Waals surface area contributed by atoms with Crippen molar-refractivity contribution >= 4 is 17.6 Å². The maximum Gasteiger partial charge on any atom is 0.337 e. The predicted octanol–water partition coefficient (Wildman–Crippen LogP) is 3.24. The highest BCUT2D eigenvalue weighted by Crippen LogP contribution is 2.24. The molecule has 5 heteroatoms. The molecule has 1 aromatic heterocycles. The summed E-state index contributed by atoms with van der Waals surface area (Å²) in [7, 11) is 0. The first-order valence-corrected chi connectivity index (χ1v) is 5.11. The summed E-state index contributed by atoms with van der Waals surface area (Å²) in [6, 6.07) is 8.28. The monoisotopic (exact) mass is 251 g/mol. The molecule has 0 radical (unpaired) electrons. The molecule has 0 bridgehead atoms. The van der Waals surface area contributed by atoms with E-state index in [1.807, 2.05) is 0 Å². The lowest BCUT2D eigenvalue weighted by Crippen LogP contribution is -2.01. The van der Waals surface area contributed by atoms with Gasteiger partial charge in [-0.3, -0.25) is 0 Å². The summed E-state index contributed by atoms with van der Waals surface area (Å²) in [5.74, 6) is -1.59. The summed E-state index contributed by atoms with van der Waals surface area (Å²) in [6.07, 6.45) is 0. The van der Waals surface area contributed by atoms with Crippen molar-refractivity contribution in [3.05, 3.63) is 52.9 Å². The molecule has 2 aromatic rings. The van der Waals surface area contributed by atoms with Gasteiger partial charge in [-0.1, -0.05) is 23.7 Å². The second-order valence-corrected chi connectivity index (χ2v) is 3.73. The van der Waals surface area contributed by atoms with Crippen LogP contribution in [0.3, 0.4) is 0 Å². The Morgan fingerprint density at radius 3 is 2.71 bits per heavy atom. The third-order valence-electron chi connectivity index (χ3n) is 2.19. The van der Waals surface area contributed by atoms with Gasteiger partial charge in [0.1, 0.15) is 11.0 Å². The first kappa shape index (κ1) is 11.5. The van der Waals surface area contributed by atoms with Crippen molar-refractivity contribution in [3.8, 4) is 11.3 Å². The van der Waals surface area contributed by atoms with Crippen molar-refractivity contribution < 1.29 is 14.3 Å². The van der Waals surface area contributed by atoms with Crippen molar-refractivity contribution in [2.24, 2.45) is 0 Å². The van der Waals surface area contributed by atoms with Crippen LogP contribution < -0.4 is 0 Å². The topological polar surface area (TPSA) is 50.2 Å². The number of carbonyl (C=O) groups is 1. The molecule has 0 aliphatic carbocycles. The molecule has 0 aliphatic rings. The molecule has 0 amide bonds. The zero-order valence-electron chi connectivity index (χ0n) is 8.52. The molecule has 0 spiro atoms. The van der Waals surface area contributed by atoms with E-state index in [1.54, 1.807) is 6.07 Å². The molecular formula is C12H7ClFNO2. The van der Waals surface area contributed by atoms with E-state index in [0.29, 0.717) is 5.56 Å². The summed E-state index contributed by atoms with van der Waals surface area (Å²) in [4.78, 5) is 14.9. The van der Waals surface area contributed by atoms with Gasteiger partial charge < -0.3 is 5.11 Å². The Bertz CT molecular complexity index is 586. The highest BCUT2D eigenvalue weighted by atomic mass is 35.5. The molecule has 0 saturated heterocycles. The second-order valence-electron chi connectivity index (χ2n) is 3.35. The van der Waals surface area contributed by atoms with Crippen molar-refractivity contribution in [1.29, 1.82) is 0 Å². The summed E-state index contributed by atoms with van der Waals surface area (Å²) in [5.41, 5.74) is 0.523. The number of carboxylic acid groups (broad SMARTS) is 1. The number of halogens is 2. The Kier molecular flexibility index (Phi) is 3.06. The Hall–Kier alpha value is -1.94. The van der Waals surface area contributed by atoms with Crippen LogP contribution in [0.2, 0.25) is 5.15 Å². The van der Waals surface area contributed by atoms with Crippen LogP contribution in [-0.4, -0.2) is 16.1 Å². The first-order chi connectivity index (χ1) is 8.08. The van der Waals surface area contributed by atoms with Crippen molar-refractivity contribution in [1.82, 2.24) is 4.98 Å². The van der Waals surface area contributed by atoms with E-state index in [0.717, 1.165) is 0 Å². The molecule has 1 N–H and O–H groups in total. The number of benzene rings is 1. The molecular weight excluding hydrogens is 245 g/mol. The summed E-state index contributed by atoms with van der Waals surface area (Å²) in [6.45, 7) is 0. The van der Waals surface area contributed by atoms with E-state index in [9.17, 15) is 9.18 Å². The lowest BCUT2D eigenvalue weighted by atomic mass is 10.1. The molecule has 2 rings (SSSR count). The number of carboxylic acids is 1. The third kappa shape index (κ3) is 2.42. The molecule has 86 valence electrons. The number of nitrogens with zero attached hydrogens (tertiary/aromatic N) is 1. The number of hydrogen-bond acceptors (Lipinski definition) is 2. The van der Waals surface area contributed by atoms with Gasteiger partial charge in [-0.2, -0.15) is 0 Å². The normalized spacial score (nSPS) is 10.2. The fraction of sp³-hybridized carbons (Fsp3) is 0. The van der Waals surface area contributed by atoms with Gasteiger partial charge in [-0.05, 0) is 24.3 Å². The fourth-order valence-electron chi connectivity index (χ4n) is 1.46.